The van der Waals surface area contributed by atoms with E-state index in [1.54, 1.807) is 48.0 Å². The van der Waals surface area contributed by atoms with Crippen LogP contribution in [0.25, 0.3) is 6.08 Å². The van der Waals surface area contributed by atoms with E-state index in [1.807, 2.05) is 18.2 Å². The Morgan fingerprint density at radius 1 is 1.16 bits per heavy atom. The number of aryl methyl sites for hydroxylation is 1. The van der Waals surface area contributed by atoms with Gasteiger partial charge in [0.2, 0.25) is 0 Å². The van der Waals surface area contributed by atoms with E-state index in [4.69, 9.17) is 38.4 Å². The van der Waals surface area contributed by atoms with Crippen LogP contribution in [0.4, 0.5) is 0 Å². The lowest BCUT2D eigenvalue weighted by Gasteiger charge is -2.06. The lowest BCUT2D eigenvalue weighted by Crippen LogP contribution is -2.20. The number of rotatable bonds is 9. The van der Waals surface area contributed by atoms with Crippen LogP contribution in [0.1, 0.15) is 22.4 Å². The summed E-state index contributed by atoms with van der Waals surface area (Å²) in [4.78, 5) is 23.0. The maximum absolute atomic E-state index is 12.2. The van der Waals surface area contributed by atoms with Crippen molar-refractivity contribution in [2.45, 2.75) is 20.1 Å². The topological polar surface area (TPSA) is 96.4 Å². The van der Waals surface area contributed by atoms with Crippen LogP contribution in [0.3, 0.4) is 0 Å². The molecular weight excluding hydrogens is 453 g/mol. The molecule has 3 rings (SSSR count). The van der Waals surface area contributed by atoms with Gasteiger partial charge in [-0.2, -0.15) is 5.10 Å². The van der Waals surface area contributed by atoms with E-state index >= 15 is 0 Å². The Kier molecular flexibility index (Phi) is 7.92. The molecule has 0 saturated heterocycles. The summed E-state index contributed by atoms with van der Waals surface area (Å²) >= 11 is 12.7. The fourth-order valence-electron chi connectivity index (χ4n) is 2.88. The minimum absolute atomic E-state index is 0.0371. The average molecular weight is 474 g/mol. The van der Waals surface area contributed by atoms with Gasteiger partial charge in [-0.25, -0.2) is 9.48 Å². The molecule has 1 amide bonds. The molecule has 0 aliphatic rings. The van der Waals surface area contributed by atoms with Crippen molar-refractivity contribution in [1.29, 1.82) is 0 Å². The molecule has 2 N–H and O–H groups in total. The zero-order valence-electron chi connectivity index (χ0n) is 17.3. The Labute approximate surface area is 195 Å². The highest BCUT2D eigenvalue weighted by Crippen LogP contribution is 2.24. The molecule has 1 aromatic heterocycles. The summed E-state index contributed by atoms with van der Waals surface area (Å²) in [7, 11) is 0. The molecule has 3 aromatic rings. The standard InChI is InChI=1S/C23H21Cl2N3O4/c1-15-19(23(25)28(27-15)12-17-6-2-3-8-20(17)24)9-10-22(30)32-13-16-5-4-7-18(11-16)31-14-21(26)29/h2-11H,12-14H2,1H3,(H2,26,29)/b10-9+. The summed E-state index contributed by atoms with van der Waals surface area (Å²) in [5.41, 5.74) is 7.95. The zero-order chi connectivity index (χ0) is 23.1. The molecule has 0 atom stereocenters. The van der Waals surface area contributed by atoms with Gasteiger partial charge in [-0.05, 0) is 42.3 Å². The molecule has 0 unspecified atom stereocenters. The van der Waals surface area contributed by atoms with Gasteiger partial charge in [-0.3, -0.25) is 4.79 Å². The molecular formula is C23H21Cl2N3O4. The molecule has 0 spiro atoms. The lowest BCUT2D eigenvalue weighted by molar-refractivity contribution is -0.138. The van der Waals surface area contributed by atoms with Gasteiger partial charge in [0.25, 0.3) is 5.91 Å². The van der Waals surface area contributed by atoms with Crippen molar-refractivity contribution in [1.82, 2.24) is 9.78 Å². The molecule has 0 aliphatic carbocycles. The molecule has 166 valence electrons. The largest absolute Gasteiger partial charge is 0.484 e. The number of esters is 1. The number of ether oxygens (including phenoxy) is 2. The minimum Gasteiger partial charge on any atom is -0.484 e. The van der Waals surface area contributed by atoms with E-state index in [0.29, 0.717) is 39.3 Å². The third-order valence-corrected chi connectivity index (χ3v) is 5.20. The first kappa shape index (κ1) is 23.4. The van der Waals surface area contributed by atoms with Crippen LogP contribution in [0.5, 0.6) is 5.75 Å². The second-order valence-electron chi connectivity index (χ2n) is 6.88. The summed E-state index contributed by atoms with van der Waals surface area (Å²) in [5, 5.41) is 5.45. The Bertz CT molecular complexity index is 1160. The number of aromatic nitrogens is 2. The van der Waals surface area contributed by atoms with Crippen LogP contribution in [0.2, 0.25) is 10.2 Å². The van der Waals surface area contributed by atoms with Crippen molar-refractivity contribution in [3.63, 3.8) is 0 Å². The van der Waals surface area contributed by atoms with Gasteiger partial charge in [0.1, 0.15) is 17.5 Å². The Morgan fingerprint density at radius 2 is 1.94 bits per heavy atom. The number of amides is 1. The van der Waals surface area contributed by atoms with Crippen molar-refractivity contribution >= 4 is 41.2 Å². The second kappa shape index (κ2) is 10.8. The summed E-state index contributed by atoms with van der Waals surface area (Å²) in [6, 6.07) is 14.3. The van der Waals surface area contributed by atoms with Crippen molar-refractivity contribution in [3.8, 4) is 5.75 Å². The normalized spacial score (nSPS) is 11.0. The van der Waals surface area contributed by atoms with Gasteiger partial charge in [0, 0.05) is 16.7 Å². The number of halogens is 2. The predicted octanol–water partition coefficient (Wildman–Crippen LogP) is 4.17. The van der Waals surface area contributed by atoms with Crippen LogP contribution in [0.15, 0.2) is 54.6 Å². The first-order valence-corrected chi connectivity index (χ1v) is 10.4. The quantitative estimate of drug-likeness (QED) is 0.371. The molecule has 0 radical (unpaired) electrons. The van der Waals surface area contributed by atoms with E-state index in [2.05, 4.69) is 5.10 Å². The highest BCUT2D eigenvalue weighted by molar-refractivity contribution is 6.32. The Balaban J connectivity index is 1.61. The Hall–Kier alpha value is -3.29. The van der Waals surface area contributed by atoms with Crippen molar-refractivity contribution in [3.05, 3.63) is 87.2 Å². The van der Waals surface area contributed by atoms with Crippen LogP contribution in [-0.2, 0) is 27.5 Å². The number of carbonyl (C=O) groups is 2. The van der Waals surface area contributed by atoms with E-state index in [9.17, 15) is 9.59 Å². The molecule has 9 heteroatoms. The molecule has 7 nitrogen and oxygen atoms in total. The highest BCUT2D eigenvalue weighted by atomic mass is 35.5. The third kappa shape index (κ3) is 6.35. The van der Waals surface area contributed by atoms with E-state index in [0.717, 1.165) is 5.56 Å². The number of nitrogens with zero attached hydrogens (tertiary/aromatic N) is 2. The smallest absolute Gasteiger partial charge is 0.331 e. The molecule has 0 aliphatic heterocycles. The van der Waals surface area contributed by atoms with Crippen molar-refractivity contribution in [2.24, 2.45) is 5.73 Å². The highest BCUT2D eigenvalue weighted by Gasteiger charge is 2.13. The first-order chi connectivity index (χ1) is 15.3. The van der Waals surface area contributed by atoms with Gasteiger partial charge in [-0.1, -0.05) is 53.5 Å². The summed E-state index contributed by atoms with van der Waals surface area (Å²) in [5.74, 6) is -0.653. The summed E-state index contributed by atoms with van der Waals surface area (Å²) in [6.07, 6.45) is 2.87. The van der Waals surface area contributed by atoms with E-state index < -0.39 is 11.9 Å². The minimum atomic E-state index is -0.573. The van der Waals surface area contributed by atoms with E-state index in [-0.39, 0.29) is 13.2 Å². The van der Waals surface area contributed by atoms with Gasteiger partial charge in [-0.15, -0.1) is 0 Å². The fraction of sp³-hybridized carbons (Fsp3) is 0.174. The van der Waals surface area contributed by atoms with E-state index in [1.165, 1.54) is 6.08 Å². The molecule has 0 fully saturated rings. The van der Waals surface area contributed by atoms with Crippen molar-refractivity contribution in [2.75, 3.05) is 6.61 Å². The van der Waals surface area contributed by atoms with Gasteiger partial charge >= 0.3 is 5.97 Å². The maximum Gasteiger partial charge on any atom is 0.331 e. The SMILES string of the molecule is Cc1nn(Cc2ccccc2Cl)c(Cl)c1/C=C/C(=O)OCc1cccc(OCC(N)=O)c1. The molecule has 0 saturated carbocycles. The average Bonchev–Trinajstić information content (AvgIpc) is 3.03. The number of hydrogen-bond donors (Lipinski definition) is 1. The molecule has 32 heavy (non-hydrogen) atoms. The molecule has 1 heterocycles. The van der Waals surface area contributed by atoms with Gasteiger partial charge < -0.3 is 15.2 Å². The van der Waals surface area contributed by atoms with Crippen LogP contribution < -0.4 is 10.5 Å². The second-order valence-corrected chi connectivity index (χ2v) is 7.65. The summed E-state index contributed by atoms with van der Waals surface area (Å²) < 4.78 is 12.1. The summed E-state index contributed by atoms with van der Waals surface area (Å²) in [6.45, 7) is 2.02. The number of hydrogen-bond acceptors (Lipinski definition) is 5. The fourth-order valence-corrected chi connectivity index (χ4v) is 3.38. The first-order valence-electron chi connectivity index (χ1n) is 9.64. The van der Waals surface area contributed by atoms with Crippen LogP contribution in [0, 0.1) is 6.92 Å². The van der Waals surface area contributed by atoms with Gasteiger partial charge in [0.15, 0.2) is 6.61 Å². The van der Waals surface area contributed by atoms with Crippen LogP contribution >= 0.6 is 23.2 Å². The van der Waals surface area contributed by atoms with Gasteiger partial charge in [0.05, 0.1) is 12.2 Å². The third-order valence-electron chi connectivity index (χ3n) is 4.43. The Morgan fingerprint density at radius 3 is 2.69 bits per heavy atom. The van der Waals surface area contributed by atoms with Crippen molar-refractivity contribution < 1.29 is 19.1 Å². The molecule has 0 bridgehead atoms. The number of carbonyl (C=O) groups excluding carboxylic acids is 2. The predicted molar refractivity (Wildman–Crippen MR) is 122 cm³/mol. The monoisotopic (exact) mass is 473 g/mol. The maximum atomic E-state index is 12.2. The lowest BCUT2D eigenvalue weighted by atomic mass is 10.2. The number of nitrogens with two attached hydrogens (primary N) is 1. The molecule has 2 aromatic carbocycles. The number of benzene rings is 2. The zero-order valence-corrected chi connectivity index (χ0v) is 18.8. The van der Waals surface area contributed by atoms with Crippen LogP contribution in [-0.4, -0.2) is 28.3 Å². The number of primary amides is 1.